The van der Waals surface area contributed by atoms with Crippen LogP contribution in [0.2, 0.25) is 5.02 Å². The van der Waals surface area contributed by atoms with E-state index in [-0.39, 0.29) is 5.02 Å². The molecule has 0 radical (unpaired) electrons. The molecule has 0 aliphatic heterocycles. The first-order chi connectivity index (χ1) is 9.69. The van der Waals surface area contributed by atoms with Crippen molar-refractivity contribution in [2.75, 3.05) is 10.5 Å². The van der Waals surface area contributed by atoms with Gasteiger partial charge in [0.2, 0.25) is 0 Å². The highest BCUT2D eigenvalue weighted by molar-refractivity contribution is 7.92. The molecule has 112 valence electrons. The van der Waals surface area contributed by atoms with E-state index in [0.717, 1.165) is 24.3 Å². The SMILES string of the molecule is Nc1cc(Cl)cc(S(=O)(=O)Nc2cc(F)cc(F)c2)c1F. The van der Waals surface area contributed by atoms with Gasteiger partial charge in [0.15, 0.2) is 5.82 Å². The van der Waals surface area contributed by atoms with E-state index < -0.39 is 43.7 Å². The van der Waals surface area contributed by atoms with E-state index >= 15 is 0 Å². The van der Waals surface area contributed by atoms with Crippen molar-refractivity contribution in [3.8, 4) is 0 Å². The van der Waals surface area contributed by atoms with E-state index in [1.165, 1.54) is 0 Å². The van der Waals surface area contributed by atoms with Crippen molar-refractivity contribution in [3.05, 3.63) is 52.8 Å². The lowest BCUT2D eigenvalue weighted by Crippen LogP contribution is -2.15. The molecule has 0 bridgehead atoms. The standard InChI is InChI=1S/C12H8ClF3N2O2S/c13-6-1-10(17)12(16)11(2-6)21(19,20)18-9-4-7(14)3-8(15)5-9/h1-5,18H,17H2. The molecule has 3 N–H and O–H groups in total. The monoisotopic (exact) mass is 336 g/mol. The van der Waals surface area contributed by atoms with Crippen LogP contribution in [0.15, 0.2) is 35.2 Å². The zero-order chi connectivity index (χ0) is 15.8. The van der Waals surface area contributed by atoms with Crippen molar-refractivity contribution in [2.45, 2.75) is 4.90 Å². The van der Waals surface area contributed by atoms with Crippen molar-refractivity contribution >= 4 is 33.0 Å². The Bertz CT molecular complexity index is 792. The number of nitrogens with one attached hydrogen (secondary N) is 1. The minimum absolute atomic E-state index is 0.0975. The highest BCUT2D eigenvalue weighted by Gasteiger charge is 2.22. The van der Waals surface area contributed by atoms with Crippen LogP contribution >= 0.6 is 11.6 Å². The second-order valence-electron chi connectivity index (χ2n) is 4.07. The molecule has 0 aliphatic carbocycles. The second-order valence-corrected chi connectivity index (χ2v) is 6.16. The minimum Gasteiger partial charge on any atom is -0.396 e. The van der Waals surface area contributed by atoms with Crippen molar-refractivity contribution in [3.63, 3.8) is 0 Å². The summed E-state index contributed by atoms with van der Waals surface area (Å²) in [6, 6.07) is 3.93. The van der Waals surface area contributed by atoms with Gasteiger partial charge < -0.3 is 5.73 Å². The number of rotatable bonds is 3. The van der Waals surface area contributed by atoms with Crippen molar-refractivity contribution in [2.24, 2.45) is 0 Å². The predicted octanol–water partition coefficient (Wildman–Crippen LogP) is 3.14. The Balaban J connectivity index is 2.48. The third-order valence-electron chi connectivity index (χ3n) is 2.44. The van der Waals surface area contributed by atoms with E-state index in [1.807, 2.05) is 4.72 Å². The molecule has 0 atom stereocenters. The van der Waals surface area contributed by atoms with Crippen LogP contribution in [0.1, 0.15) is 0 Å². The molecule has 21 heavy (non-hydrogen) atoms. The zero-order valence-corrected chi connectivity index (χ0v) is 11.8. The Kier molecular flexibility index (Phi) is 4.02. The summed E-state index contributed by atoms with van der Waals surface area (Å²) in [6.07, 6.45) is 0. The van der Waals surface area contributed by atoms with Gasteiger partial charge in [-0.15, -0.1) is 0 Å². The molecule has 0 fully saturated rings. The van der Waals surface area contributed by atoms with Gasteiger partial charge in [-0.3, -0.25) is 4.72 Å². The molecule has 2 rings (SSSR count). The van der Waals surface area contributed by atoms with Gasteiger partial charge in [-0.2, -0.15) is 0 Å². The molecule has 4 nitrogen and oxygen atoms in total. The van der Waals surface area contributed by atoms with E-state index in [2.05, 4.69) is 0 Å². The van der Waals surface area contributed by atoms with Gasteiger partial charge in [-0.1, -0.05) is 11.6 Å². The molecule has 0 heterocycles. The number of benzene rings is 2. The van der Waals surface area contributed by atoms with Gasteiger partial charge in [0, 0.05) is 11.1 Å². The summed E-state index contributed by atoms with van der Waals surface area (Å²) < 4.78 is 65.8. The van der Waals surface area contributed by atoms with Crippen LogP contribution in [0.4, 0.5) is 24.5 Å². The Morgan fingerprint density at radius 3 is 2.14 bits per heavy atom. The van der Waals surface area contributed by atoms with Crippen molar-refractivity contribution < 1.29 is 21.6 Å². The Labute approximate surface area is 123 Å². The molecular formula is C12H8ClF3N2O2S. The molecule has 0 saturated carbocycles. The first-order valence-corrected chi connectivity index (χ1v) is 7.28. The summed E-state index contributed by atoms with van der Waals surface area (Å²) in [5.41, 5.74) is 4.43. The lowest BCUT2D eigenvalue weighted by atomic mass is 10.3. The fourth-order valence-electron chi connectivity index (χ4n) is 1.60. The normalized spacial score (nSPS) is 11.4. The van der Waals surface area contributed by atoms with E-state index in [9.17, 15) is 21.6 Å². The largest absolute Gasteiger partial charge is 0.396 e. The number of nitrogens with two attached hydrogens (primary N) is 1. The molecule has 2 aromatic rings. The lowest BCUT2D eigenvalue weighted by Gasteiger charge is -2.10. The maximum Gasteiger partial charge on any atom is 0.264 e. The third-order valence-corrected chi connectivity index (χ3v) is 4.04. The summed E-state index contributed by atoms with van der Waals surface area (Å²) in [5, 5.41) is -0.0975. The van der Waals surface area contributed by atoms with Crippen LogP contribution in [0.3, 0.4) is 0 Å². The molecule has 0 saturated heterocycles. The van der Waals surface area contributed by atoms with E-state index in [4.69, 9.17) is 17.3 Å². The highest BCUT2D eigenvalue weighted by atomic mass is 35.5. The van der Waals surface area contributed by atoms with Crippen LogP contribution in [0.25, 0.3) is 0 Å². The molecule has 0 unspecified atom stereocenters. The zero-order valence-electron chi connectivity index (χ0n) is 10.2. The third kappa shape index (κ3) is 3.40. The topological polar surface area (TPSA) is 72.2 Å². The summed E-state index contributed by atoms with van der Waals surface area (Å²) in [5.74, 6) is -3.18. The van der Waals surface area contributed by atoms with E-state index in [1.54, 1.807) is 0 Å². The highest BCUT2D eigenvalue weighted by Crippen LogP contribution is 2.27. The summed E-state index contributed by atoms with van der Waals surface area (Å²) >= 11 is 5.62. The van der Waals surface area contributed by atoms with Crippen molar-refractivity contribution in [1.82, 2.24) is 0 Å². The molecule has 0 aromatic heterocycles. The van der Waals surface area contributed by atoms with Gasteiger partial charge >= 0.3 is 0 Å². The van der Waals surface area contributed by atoms with Crippen LogP contribution < -0.4 is 10.5 Å². The smallest absolute Gasteiger partial charge is 0.264 e. The van der Waals surface area contributed by atoms with Gasteiger partial charge in [0.05, 0.1) is 11.4 Å². The van der Waals surface area contributed by atoms with Crippen LogP contribution in [0, 0.1) is 17.5 Å². The fraction of sp³-hybridized carbons (Fsp3) is 0. The number of sulfonamides is 1. The number of anilines is 2. The second kappa shape index (κ2) is 5.45. The van der Waals surface area contributed by atoms with Crippen LogP contribution in [-0.4, -0.2) is 8.42 Å². The average molecular weight is 337 g/mol. The molecule has 2 aromatic carbocycles. The number of nitrogen functional groups attached to an aromatic ring is 1. The van der Waals surface area contributed by atoms with Crippen LogP contribution in [-0.2, 0) is 10.0 Å². The van der Waals surface area contributed by atoms with Gasteiger partial charge in [-0.05, 0) is 24.3 Å². The van der Waals surface area contributed by atoms with Crippen LogP contribution in [0.5, 0.6) is 0 Å². The maximum absolute atomic E-state index is 13.8. The molecule has 0 spiro atoms. The number of hydrogen-bond donors (Lipinski definition) is 2. The minimum atomic E-state index is -4.45. The quantitative estimate of drug-likeness (QED) is 0.846. The van der Waals surface area contributed by atoms with E-state index in [0.29, 0.717) is 6.07 Å². The summed E-state index contributed by atoms with van der Waals surface area (Å²) in [4.78, 5) is -0.822. The Hall–Kier alpha value is -1.93. The summed E-state index contributed by atoms with van der Waals surface area (Å²) in [6.45, 7) is 0. The van der Waals surface area contributed by atoms with Gasteiger partial charge in [-0.25, -0.2) is 21.6 Å². The predicted molar refractivity (Wildman–Crippen MR) is 73.0 cm³/mol. The van der Waals surface area contributed by atoms with Gasteiger partial charge in [0.25, 0.3) is 10.0 Å². The average Bonchev–Trinajstić information content (AvgIpc) is 2.31. The Morgan fingerprint density at radius 1 is 1.00 bits per heavy atom. The van der Waals surface area contributed by atoms with Gasteiger partial charge in [0.1, 0.15) is 16.5 Å². The molecule has 0 amide bonds. The fourth-order valence-corrected chi connectivity index (χ4v) is 3.07. The first kappa shape index (κ1) is 15.5. The summed E-state index contributed by atoms with van der Waals surface area (Å²) in [7, 11) is -4.45. The molecule has 0 aliphatic rings. The number of hydrogen-bond acceptors (Lipinski definition) is 3. The maximum atomic E-state index is 13.8. The lowest BCUT2D eigenvalue weighted by molar-refractivity contribution is 0.572. The van der Waals surface area contributed by atoms with Crippen molar-refractivity contribution in [1.29, 1.82) is 0 Å². The Morgan fingerprint density at radius 2 is 1.57 bits per heavy atom. The first-order valence-electron chi connectivity index (χ1n) is 5.42. The molecular weight excluding hydrogens is 329 g/mol. The number of halogens is 4. The molecule has 9 heteroatoms.